The Morgan fingerprint density at radius 2 is 1.91 bits per heavy atom. The molecule has 2 aliphatic rings. The van der Waals surface area contributed by atoms with E-state index < -0.39 is 6.09 Å². The quantitative estimate of drug-likeness (QED) is 0.668. The van der Waals surface area contributed by atoms with Gasteiger partial charge in [-0.1, -0.05) is 23.5 Å². The number of nitrogens with zero attached hydrogens (tertiary/aromatic N) is 4. The van der Waals surface area contributed by atoms with E-state index in [2.05, 4.69) is 16.4 Å². The summed E-state index contributed by atoms with van der Waals surface area (Å²) < 4.78 is 5.96. The van der Waals surface area contributed by atoms with E-state index in [1.165, 1.54) is 16.2 Å². The lowest BCUT2D eigenvalue weighted by molar-refractivity contribution is 0.0627. The predicted octanol–water partition coefficient (Wildman–Crippen LogP) is 2.93. The number of carboxylic acid groups (broad SMARTS) is 1. The van der Waals surface area contributed by atoms with E-state index in [-0.39, 0.29) is 18.1 Å². The van der Waals surface area contributed by atoms with Crippen molar-refractivity contribution in [2.75, 3.05) is 26.2 Å². The zero-order chi connectivity index (χ0) is 23.2. The highest BCUT2D eigenvalue weighted by molar-refractivity contribution is 7.15. The second kappa shape index (κ2) is 10.6. The lowest BCUT2D eigenvalue weighted by Crippen LogP contribution is -2.45. The first-order valence-electron chi connectivity index (χ1n) is 11.1. The molecule has 10 heteroatoms. The number of carbonyl (C=O) groups excluding carboxylic acids is 1. The molecule has 4 rings (SSSR count). The molecule has 2 N–H and O–H groups in total. The maximum Gasteiger partial charge on any atom is 0.407 e. The van der Waals surface area contributed by atoms with Crippen molar-refractivity contribution >= 4 is 23.3 Å². The summed E-state index contributed by atoms with van der Waals surface area (Å²) in [7, 11) is 0. The van der Waals surface area contributed by atoms with Crippen LogP contribution in [-0.4, -0.2) is 70.2 Å². The van der Waals surface area contributed by atoms with Gasteiger partial charge in [0.25, 0.3) is 11.1 Å². The number of nitriles is 1. The Labute approximate surface area is 196 Å². The molecule has 9 nitrogen and oxygen atoms in total. The van der Waals surface area contributed by atoms with Gasteiger partial charge in [-0.15, -0.1) is 0 Å². The number of rotatable bonds is 6. The van der Waals surface area contributed by atoms with Crippen molar-refractivity contribution in [2.24, 2.45) is 0 Å². The highest BCUT2D eigenvalue weighted by Gasteiger charge is 2.29. The number of thiazole rings is 1. The van der Waals surface area contributed by atoms with Crippen LogP contribution < -0.4 is 10.1 Å². The van der Waals surface area contributed by atoms with Crippen molar-refractivity contribution in [3.8, 4) is 11.3 Å². The number of ether oxygens (including phenoxy) is 1. The molecule has 2 aliphatic heterocycles. The number of piperidine rings is 2. The fourth-order valence-electron chi connectivity index (χ4n) is 4.23. The van der Waals surface area contributed by atoms with Crippen LogP contribution in [0.3, 0.4) is 0 Å². The molecule has 33 heavy (non-hydrogen) atoms. The number of likely N-dealkylation sites (tertiary alicyclic amines) is 1. The van der Waals surface area contributed by atoms with Crippen LogP contribution in [0, 0.1) is 11.3 Å². The van der Waals surface area contributed by atoms with Crippen LogP contribution in [-0.2, 0) is 6.54 Å². The van der Waals surface area contributed by atoms with E-state index in [1.807, 2.05) is 17.0 Å². The summed E-state index contributed by atoms with van der Waals surface area (Å²) in [5.41, 5.74) is 1.57. The SMILES string of the molecule is N#Cc1ccc(CN(C(=O)c2cnc(OC3CCN(C(=O)O)CC3)s2)C2CCNCC2)cc1. The standard InChI is InChI=1S/C23H27N5O4S/c24-13-16-1-3-17(4-2-16)15-28(18-5-9-25-10-6-18)21(29)20-14-26-22(33-20)32-19-7-11-27(12-8-19)23(30)31/h1-4,14,18-19,25H,5-12,15H2,(H,30,31). The molecule has 174 valence electrons. The van der Waals surface area contributed by atoms with Crippen molar-refractivity contribution in [3.05, 3.63) is 46.5 Å². The summed E-state index contributed by atoms with van der Waals surface area (Å²) in [5.74, 6) is -0.0701. The Morgan fingerprint density at radius 1 is 1.21 bits per heavy atom. The molecular formula is C23H27N5O4S. The zero-order valence-electron chi connectivity index (χ0n) is 18.3. The van der Waals surface area contributed by atoms with Gasteiger partial charge in [0.05, 0.1) is 17.8 Å². The first-order chi connectivity index (χ1) is 16.0. The first-order valence-corrected chi connectivity index (χ1v) is 12.0. The molecule has 0 atom stereocenters. The molecule has 3 heterocycles. The van der Waals surface area contributed by atoms with Gasteiger partial charge < -0.3 is 25.0 Å². The third-order valence-corrected chi connectivity index (χ3v) is 7.00. The van der Waals surface area contributed by atoms with Crippen molar-refractivity contribution in [1.82, 2.24) is 20.1 Å². The minimum Gasteiger partial charge on any atom is -0.467 e. The highest BCUT2D eigenvalue weighted by atomic mass is 32.1. The maximum atomic E-state index is 13.5. The monoisotopic (exact) mass is 469 g/mol. The highest BCUT2D eigenvalue weighted by Crippen LogP contribution is 2.28. The Balaban J connectivity index is 1.44. The molecule has 2 fully saturated rings. The number of carbonyl (C=O) groups is 2. The zero-order valence-corrected chi connectivity index (χ0v) is 19.1. The maximum absolute atomic E-state index is 13.5. The number of benzene rings is 1. The van der Waals surface area contributed by atoms with Gasteiger partial charge in [-0.05, 0) is 43.6 Å². The van der Waals surface area contributed by atoms with Crippen LogP contribution in [0.15, 0.2) is 30.5 Å². The molecule has 2 saturated heterocycles. The van der Waals surface area contributed by atoms with Gasteiger partial charge in [0.2, 0.25) is 0 Å². The number of nitrogens with one attached hydrogen (secondary N) is 1. The summed E-state index contributed by atoms with van der Waals surface area (Å²) in [6.07, 6.45) is 3.54. The summed E-state index contributed by atoms with van der Waals surface area (Å²) in [6.45, 7) is 3.08. The molecule has 1 aromatic heterocycles. The third kappa shape index (κ3) is 5.80. The van der Waals surface area contributed by atoms with Crippen molar-refractivity contribution < 1.29 is 19.4 Å². The van der Waals surface area contributed by atoms with E-state index in [9.17, 15) is 9.59 Å². The molecule has 0 bridgehead atoms. The minimum absolute atomic E-state index is 0.0701. The van der Waals surface area contributed by atoms with E-state index in [1.54, 1.807) is 18.3 Å². The lowest BCUT2D eigenvalue weighted by Gasteiger charge is -2.34. The Morgan fingerprint density at radius 3 is 2.55 bits per heavy atom. The topological polar surface area (TPSA) is 119 Å². The lowest BCUT2D eigenvalue weighted by atomic mass is 10.0. The van der Waals surface area contributed by atoms with Crippen LogP contribution in [0.25, 0.3) is 0 Å². The number of amides is 2. The first kappa shape index (κ1) is 23.0. The van der Waals surface area contributed by atoms with Crippen molar-refractivity contribution in [3.63, 3.8) is 0 Å². The fraction of sp³-hybridized carbons (Fsp3) is 0.478. The molecule has 2 aromatic rings. The van der Waals surface area contributed by atoms with Gasteiger partial charge in [-0.3, -0.25) is 4.79 Å². The van der Waals surface area contributed by atoms with Crippen molar-refractivity contribution in [2.45, 2.75) is 44.4 Å². The molecule has 2 amide bonds. The van der Waals surface area contributed by atoms with E-state index in [0.29, 0.717) is 48.1 Å². The second-order valence-electron chi connectivity index (χ2n) is 8.30. The second-order valence-corrected chi connectivity index (χ2v) is 9.29. The number of hydrogen-bond donors (Lipinski definition) is 2. The fourth-order valence-corrected chi connectivity index (χ4v) is 5.01. The molecule has 0 radical (unpaired) electrons. The van der Waals surface area contributed by atoms with Gasteiger partial charge in [0, 0.05) is 38.5 Å². The van der Waals surface area contributed by atoms with Crippen LogP contribution in [0.5, 0.6) is 5.19 Å². The normalized spacial score (nSPS) is 17.4. The molecular weight excluding hydrogens is 442 g/mol. The summed E-state index contributed by atoms with van der Waals surface area (Å²) in [4.78, 5) is 32.7. The Kier molecular flexibility index (Phi) is 7.42. The summed E-state index contributed by atoms with van der Waals surface area (Å²) in [6, 6.07) is 9.58. The predicted molar refractivity (Wildman–Crippen MR) is 122 cm³/mol. The number of aromatic nitrogens is 1. The van der Waals surface area contributed by atoms with E-state index >= 15 is 0 Å². The Bertz CT molecular complexity index is 1000. The number of hydrogen-bond acceptors (Lipinski definition) is 7. The largest absolute Gasteiger partial charge is 0.467 e. The van der Waals surface area contributed by atoms with Gasteiger partial charge >= 0.3 is 6.09 Å². The molecule has 1 aromatic carbocycles. The molecule has 0 saturated carbocycles. The van der Waals surface area contributed by atoms with E-state index in [0.717, 1.165) is 31.5 Å². The van der Waals surface area contributed by atoms with Gasteiger partial charge in [0.1, 0.15) is 11.0 Å². The third-order valence-electron chi connectivity index (χ3n) is 6.12. The molecule has 0 spiro atoms. The van der Waals surface area contributed by atoms with Gasteiger partial charge in [0.15, 0.2) is 0 Å². The van der Waals surface area contributed by atoms with Gasteiger partial charge in [-0.25, -0.2) is 9.78 Å². The van der Waals surface area contributed by atoms with E-state index in [4.69, 9.17) is 15.1 Å². The van der Waals surface area contributed by atoms with Crippen LogP contribution >= 0.6 is 11.3 Å². The summed E-state index contributed by atoms with van der Waals surface area (Å²) >= 11 is 1.24. The average molecular weight is 470 g/mol. The van der Waals surface area contributed by atoms with Gasteiger partial charge in [-0.2, -0.15) is 5.26 Å². The smallest absolute Gasteiger partial charge is 0.407 e. The average Bonchev–Trinajstić information content (AvgIpc) is 3.32. The van der Waals surface area contributed by atoms with Crippen molar-refractivity contribution in [1.29, 1.82) is 5.26 Å². The minimum atomic E-state index is -0.907. The van der Waals surface area contributed by atoms with Crippen LogP contribution in [0.2, 0.25) is 0 Å². The summed E-state index contributed by atoms with van der Waals surface area (Å²) in [5, 5.41) is 21.9. The van der Waals surface area contributed by atoms with Crippen LogP contribution in [0.1, 0.15) is 46.5 Å². The molecule has 0 unspecified atom stereocenters. The van der Waals surface area contributed by atoms with Crippen LogP contribution in [0.4, 0.5) is 4.79 Å². The Hall–Kier alpha value is -3.16. The molecule has 0 aliphatic carbocycles.